The molecule has 1 aromatic carbocycles. The number of aryl methyl sites for hydroxylation is 2. The summed E-state index contributed by atoms with van der Waals surface area (Å²) in [7, 11) is 0. The van der Waals surface area contributed by atoms with Gasteiger partial charge in [-0.25, -0.2) is 13.5 Å². The van der Waals surface area contributed by atoms with E-state index in [1.165, 1.54) is 10.7 Å². The summed E-state index contributed by atoms with van der Waals surface area (Å²) < 4.78 is 55.6. The van der Waals surface area contributed by atoms with Crippen LogP contribution >= 0.6 is 0 Å². The van der Waals surface area contributed by atoms with Gasteiger partial charge < -0.3 is 4.74 Å². The molecule has 2 aromatic rings. The van der Waals surface area contributed by atoms with Crippen LogP contribution in [0.15, 0.2) is 30.3 Å². The molecule has 0 aliphatic heterocycles. The molecule has 0 bridgehead atoms. The Hall–Kier alpha value is -2.22. The van der Waals surface area contributed by atoms with Crippen LogP contribution in [0, 0.1) is 13.8 Å². The van der Waals surface area contributed by atoms with Crippen molar-refractivity contribution >= 4 is 5.91 Å². The number of halogens is 4. The second-order valence-corrected chi connectivity index (χ2v) is 5.40. The molecule has 130 valence electrons. The maximum Gasteiger partial charge on any atom is 0.330 e. The Labute approximate surface area is 136 Å². The zero-order valence-corrected chi connectivity index (χ0v) is 13.1. The molecule has 0 amide bonds. The van der Waals surface area contributed by atoms with Gasteiger partial charge in [-0.2, -0.15) is 13.9 Å². The van der Waals surface area contributed by atoms with Crippen molar-refractivity contribution in [3.8, 4) is 0 Å². The summed E-state index contributed by atoms with van der Waals surface area (Å²) in [6, 6.07) is 7.87. The van der Waals surface area contributed by atoms with Gasteiger partial charge in [0.15, 0.2) is 0 Å². The van der Waals surface area contributed by atoms with Crippen molar-refractivity contribution in [3.05, 3.63) is 52.8 Å². The van der Waals surface area contributed by atoms with Crippen LogP contribution in [0.3, 0.4) is 0 Å². The smallest absolute Gasteiger partial charge is 0.330 e. The number of carbonyl (C=O) groups excluding carboxylic acids is 1. The average Bonchev–Trinajstić information content (AvgIpc) is 2.85. The van der Waals surface area contributed by atoms with Gasteiger partial charge in [0.05, 0.1) is 12.3 Å². The van der Waals surface area contributed by atoms with E-state index in [0.29, 0.717) is 22.5 Å². The van der Waals surface area contributed by atoms with Crippen molar-refractivity contribution in [3.63, 3.8) is 0 Å². The molecule has 0 N–H and O–H groups in total. The Kier molecular flexibility index (Phi) is 5.38. The van der Waals surface area contributed by atoms with E-state index >= 15 is 0 Å². The molecule has 0 radical (unpaired) electrons. The minimum absolute atomic E-state index is 0.294. The summed E-state index contributed by atoms with van der Waals surface area (Å²) >= 11 is 0. The van der Waals surface area contributed by atoms with E-state index in [1.807, 2.05) is 0 Å². The van der Waals surface area contributed by atoms with Crippen LogP contribution in [0.4, 0.5) is 17.6 Å². The van der Waals surface area contributed by atoms with Crippen molar-refractivity contribution in [2.45, 2.75) is 32.8 Å². The first kappa shape index (κ1) is 18.1. The van der Waals surface area contributed by atoms with Gasteiger partial charge in [-0.15, -0.1) is 0 Å². The number of hydrogen-bond acceptors (Lipinski definition) is 3. The summed E-state index contributed by atoms with van der Waals surface area (Å²) in [5, 5.41) is 4.08. The second kappa shape index (κ2) is 7.12. The van der Waals surface area contributed by atoms with Crippen LogP contribution in [-0.4, -0.2) is 34.6 Å². The zero-order chi connectivity index (χ0) is 17.9. The van der Waals surface area contributed by atoms with Crippen molar-refractivity contribution < 1.29 is 27.1 Å². The Morgan fingerprint density at radius 2 is 2.00 bits per heavy atom. The predicted molar refractivity (Wildman–Crippen MR) is 78.5 cm³/mol. The second-order valence-electron chi connectivity index (χ2n) is 5.40. The average molecular weight is 344 g/mol. The molecule has 0 atom stereocenters. The maximum atomic E-state index is 12.8. The summed E-state index contributed by atoms with van der Waals surface area (Å²) in [4.78, 5) is 12.4. The van der Waals surface area contributed by atoms with Crippen molar-refractivity contribution in [2.24, 2.45) is 0 Å². The van der Waals surface area contributed by atoms with Gasteiger partial charge in [-0.05, 0) is 37.6 Å². The van der Waals surface area contributed by atoms with E-state index in [1.54, 1.807) is 38.1 Å². The van der Waals surface area contributed by atoms with Crippen LogP contribution in [0.5, 0.6) is 0 Å². The Bertz CT molecular complexity index is 729. The van der Waals surface area contributed by atoms with Gasteiger partial charge in [0.25, 0.3) is 5.91 Å². The topological polar surface area (TPSA) is 44.1 Å². The van der Waals surface area contributed by atoms with E-state index in [2.05, 4.69) is 9.84 Å². The highest BCUT2D eigenvalue weighted by Crippen LogP contribution is 2.23. The highest BCUT2D eigenvalue weighted by molar-refractivity contribution is 5.95. The monoisotopic (exact) mass is 344 g/mol. The normalized spacial score (nSPS) is 12.0. The first-order valence-electron chi connectivity index (χ1n) is 7.11. The van der Waals surface area contributed by atoms with E-state index in [9.17, 15) is 22.4 Å². The molecule has 0 aliphatic rings. The lowest BCUT2D eigenvalue weighted by atomic mass is 10.1. The quantitative estimate of drug-likeness (QED) is 0.752. The Balaban J connectivity index is 2.06. The molecule has 0 aliphatic carbocycles. The third-order valence-corrected chi connectivity index (χ3v) is 3.26. The minimum atomic E-state index is -4.20. The van der Waals surface area contributed by atoms with Gasteiger partial charge in [0.1, 0.15) is 6.61 Å². The predicted octanol–water partition coefficient (Wildman–Crippen LogP) is 3.61. The zero-order valence-electron chi connectivity index (χ0n) is 13.1. The standard InChI is InChI=1S/C16H16F4N2O2/c1-10-6-11(2)22(21-10)14(23)13-5-3-4-12(7-13)8-24-9-16(19,20)15(17)18/h3-7,15H,8-9H2,1-2H3. The van der Waals surface area contributed by atoms with Gasteiger partial charge >= 0.3 is 12.3 Å². The van der Waals surface area contributed by atoms with Gasteiger partial charge in [0.2, 0.25) is 0 Å². The lowest BCUT2D eigenvalue weighted by Gasteiger charge is -2.15. The van der Waals surface area contributed by atoms with E-state index in [4.69, 9.17) is 0 Å². The number of aromatic nitrogens is 2. The first-order chi connectivity index (χ1) is 11.2. The number of hydrogen-bond donors (Lipinski definition) is 0. The molecule has 24 heavy (non-hydrogen) atoms. The van der Waals surface area contributed by atoms with Crippen molar-refractivity contribution in [1.29, 1.82) is 0 Å². The molecular formula is C16H16F4N2O2. The molecule has 1 aromatic heterocycles. The fourth-order valence-corrected chi connectivity index (χ4v) is 2.12. The number of benzene rings is 1. The maximum absolute atomic E-state index is 12.8. The molecule has 1 heterocycles. The lowest BCUT2D eigenvalue weighted by molar-refractivity contribution is -0.168. The van der Waals surface area contributed by atoms with Crippen LogP contribution in [0.2, 0.25) is 0 Å². The summed E-state index contributed by atoms with van der Waals surface area (Å²) in [5.41, 5.74) is 2.07. The molecule has 4 nitrogen and oxygen atoms in total. The molecular weight excluding hydrogens is 328 g/mol. The Morgan fingerprint density at radius 1 is 1.29 bits per heavy atom. The van der Waals surface area contributed by atoms with E-state index in [0.717, 1.165) is 0 Å². The largest absolute Gasteiger partial charge is 0.370 e. The number of nitrogens with zero attached hydrogens (tertiary/aromatic N) is 2. The van der Waals surface area contributed by atoms with Gasteiger partial charge in [0, 0.05) is 11.3 Å². The van der Waals surface area contributed by atoms with Crippen molar-refractivity contribution in [2.75, 3.05) is 6.61 Å². The van der Waals surface area contributed by atoms with E-state index < -0.39 is 19.0 Å². The SMILES string of the molecule is Cc1cc(C)n(C(=O)c2cccc(COCC(F)(F)C(F)F)c2)n1. The Morgan fingerprint density at radius 3 is 2.58 bits per heavy atom. The molecule has 0 unspecified atom stereocenters. The first-order valence-corrected chi connectivity index (χ1v) is 7.11. The molecule has 8 heteroatoms. The third-order valence-electron chi connectivity index (χ3n) is 3.26. The fourth-order valence-electron chi connectivity index (χ4n) is 2.12. The van der Waals surface area contributed by atoms with Crippen LogP contribution in [0.25, 0.3) is 0 Å². The number of ether oxygens (including phenoxy) is 1. The highest BCUT2D eigenvalue weighted by Gasteiger charge is 2.40. The molecule has 0 spiro atoms. The molecule has 0 saturated heterocycles. The minimum Gasteiger partial charge on any atom is -0.370 e. The van der Waals surface area contributed by atoms with Crippen LogP contribution in [0.1, 0.15) is 27.3 Å². The van der Waals surface area contributed by atoms with Crippen molar-refractivity contribution in [1.82, 2.24) is 9.78 Å². The number of rotatable bonds is 6. The summed E-state index contributed by atoms with van der Waals surface area (Å²) in [5.74, 6) is -4.57. The molecule has 0 fully saturated rings. The molecule has 0 saturated carbocycles. The van der Waals surface area contributed by atoms with E-state index in [-0.39, 0.29) is 12.5 Å². The lowest BCUT2D eigenvalue weighted by Crippen LogP contribution is -2.32. The highest BCUT2D eigenvalue weighted by atomic mass is 19.3. The van der Waals surface area contributed by atoms with Gasteiger partial charge in [-0.3, -0.25) is 4.79 Å². The van der Waals surface area contributed by atoms with Gasteiger partial charge in [-0.1, -0.05) is 12.1 Å². The fraction of sp³-hybridized carbons (Fsp3) is 0.375. The van der Waals surface area contributed by atoms with Crippen LogP contribution < -0.4 is 0 Å². The summed E-state index contributed by atoms with van der Waals surface area (Å²) in [6.45, 7) is 1.79. The van der Waals surface area contributed by atoms with Crippen LogP contribution in [-0.2, 0) is 11.3 Å². The summed E-state index contributed by atoms with van der Waals surface area (Å²) in [6.07, 6.45) is -3.78. The number of carbonyl (C=O) groups is 1. The third kappa shape index (κ3) is 4.19. The molecule has 2 rings (SSSR count). The number of alkyl halides is 4.